The molecule has 2 aromatic rings. The fourth-order valence-corrected chi connectivity index (χ4v) is 4.70. The Bertz CT molecular complexity index is 688. The van der Waals surface area contributed by atoms with E-state index in [1.165, 1.54) is 11.1 Å². The summed E-state index contributed by atoms with van der Waals surface area (Å²) in [6.07, 6.45) is 1.27. The minimum atomic E-state index is -1.75. The van der Waals surface area contributed by atoms with Crippen LogP contribution in [-0.2, 0) is 16.4 Å². The van der Waals surface area contributed by atoms with Crippen molar-refractivity contribution in [1.82, 2.24) is 0 Å². The Kier molecular flexibility index (Phi) is 3.79. The van der Waals surface area contributed by atoms with E-state index < -0.39 is 13.9 Å². The molecule has 0 saturated heterocycles. The fraction of sp³-hybridized carbons (Fsp3) is 0.316. The average Bonchev–Trinajstić information content (AvgIpc) is 2.45. The van der Waals surface area contributed by atoms with E-state index in [0.717, 1.165) is 12.0 Å². The smallest absolute Gasteiger partial charge is 0.185 e. The number of Topliss-reactive ketones (excluding diaryl/α,β-unsaturated/α-hetero) is 1. The summed E-state index contributed by atoms with van der Waals surface area (Å²) in [5.41, 5.74) is 2.85. The molecule has 0 bridgehead atoms. The SMILES string of the molecule is C[Si](C)(C)O[C@@]1(CC(=O)c2ccccc2)Cc2ccccc21. The van der Waals surface area contributed by atoms with Gasteiger partial charge in [-0.3, -0.25) is 4.79 Å². The van der Waals surface area contributed by atoms with Crippen molar-refractivity contribution >= 4 is 14.1 Å². The number of carbonyl (C=O) groups is 1. The molecule has 0 fully saturated rings. The van der Waals surface area contributed by atoms with Gasteiger partial charge in [0.1, 0.15) is 0 Å². The Morgan fingerprint density at radius 1 is 1.05 bits per heavy atom. The standard InChI is InChI=1S/C19H22O2Si/c1-22(2,3)21-19(13-16-11-7-8-12-17(16)19)14-18(20)15-9-5-4-6-10-15/h4-12H,13-14H2,1-3H3/t19-/m1/s1. The van der Waals surface area contributed by atoms with Crippen LogP contribution in [0.1, 0.15) is 27.9 Å². The predicted octanol–water partition coefficient (Wildman–Crippen LogP) is 4.56. The van der Waals surface area contributed by atoms with Crippen LogP contribution in [0.4, 0.5) is 0 Å². The van der Waals surface area contributed by atoms with Crippen molar-refractivity contribution in [3.8, 4) is 0 Å². The van der Waals surface area contributed by atoms with E-state index in [-0.39, 0.29) is 5.78 Å². The Labute approximate surface area is 133 Å². The van der Waals surface area contributed by atoms with E-state index in [0.29, 0.717) is 6.42 Å². The maximum atomic E-state index is 12.7. The van der Waals surface area contributed by atoms with Crippen LogP contribution in [0.3, 0.4) is 0 Å². The van der Waals surface area contributed by atoms with Crippen molar-refractivity contribution < 1.29 is 9.22 Å². The first-order valence-electron chi connectivity index (χ1n) is 7.76. The van der Waals surface area contributed by atoms with Gasteiger partial charge in [-0.05, 0) is 30.8 Å². The second-order valence-corrected chi connectivity index (χ2v) is 11.4. The zero-order valence-electron chi connectivity index (χ0n) is 13.4. The van der Waals surface area contributed by atoms with Gasteiger partial charge in [0.25, 0.3) is 0 Å². The minimum absolute atomic E-state index is 0.161. The van der Waals surface area contributed by atoms with Crippen molar-refractivity contribution in [3.05, 3.63) is 71.3 Å². The van der Waals surface area contributed by atoms with Gasteiger partial charge in [0, 0.05) is 18.4 Å². The first kappa shape index (κ1) is 15.2. The molecule has 0 aliphatic heterocycles. The lowest BCUT2D eigenvalue weighted by Gasteiger charge is -2.47. The average molecular weight is 310 g/mol. The quantitative estimate of drug-likeness (QED) is 0.597. The van der Waals surface area contributed by atoms with Gasteiger partial charge in [0.05, 0.1) is 5.60 Å². The zero-order chi connectivity index (χ0) is 15.8. The van der Waals surface area contributed by atoms with E-state index in [4.69, 9.17) is 4.43 Å². The molecule has 3 heteroatoms. The molecular weight excluding hydrogens is 288 g/mol. The molecule has 0 aromatic heterocycles. The molecular formula is C19H22O2Si. The van der Waals surface area contributed by atoms with E-state index >= 15 is 0 Å². The van der Waals surface area contributed by atoms with Crippen LogP contribution in [0, 0.1) is 0 Å². The maximum Gasteiger partial charge on any atom is 0.185 e. The first-order valence-corrected chi connectivity index (χ1v) is 11.2. The maximum absolute atomic E-state index is 12.7. The molecule has 1 atom stereocenters. The topological polar surface area (TPSA) is 26.3 Å². The minimum Gasteiger partial charge on any atom is -0.407 e. The zero-order valence-corrected chi connectivity index (χ0v) is 14.4. The molecule has 2 nitrogen and oxygen atoms in total. The molecule has 1 aliphatic rings. The summed E-state index contributed by atoms with van der Waals surface area (Å²) in [7, 11) is -1.75. The molecule has 0 amide bonds. The molecule has 3 rings (SSSR count). The van der Waals surface area contributed by atoms with Crippen molar-refractivity contribution in [3.63, 3.8) is 0 Å². The van der Waals surface area contributed by atoms with E-state index in [1.807, 2.05) is 36.4 Å². The van der Waals surface area contributed by atoms with Crippen LogP contribution in [0.2, 0.25) is 19.6 Å². The molecule has 0 unspecified atom stereocenters. The molecule has 0 N–H and O–H groups in total. The number of ketones is 1. The first-order chi connectivity index (χ1) is 10.4. The number of carbonyl (C=O) groups excluding carboxylic acids is 1. The highest BCUT2D eigenvalue weighted by atomic mass is 28.4. The Balaban J connectivity index is 1.90. The van der Waals surface area contributed by atoms with Crippen LogP contribution >= 0.6 is 0 Å². The molecule has 114 valence electrons. The van der Waals surface area contributed by atoms with Gasteiger partial charge in [-0.2, -0.15) is 0 Å². The Hall–Kier alpha value is -1.71. The molecule has 0 radical (unpaired) electrons. The second-order valence-electron chi connectivity index (χ2n) is 7.01. The second kappa shape index (κ2) is 5.49. The number of hydrogen-bond acceptors (Lipinski definition) is 2. The number of rotatable bonds is 5. The fourth-order valence-electron chi connectivity index (χ4n) is 3.27. The summed E-state index contributed by atoms with van der Waals surface area (Å²) < 4.78 is 6.50. The van der Waals surface area contributed by atoms with Crippen molar-refractivity contribution in [1.29, 1.82) is 0 Å². The van der Waals surface area contributed by atoms with Gasteiger partial charge in [0.15, 0.2) is 14.1 Å². The van der Waals surface area contributed by atoms with Crippen LogP contribution < -0.4 is 0 Å². The molecule has 2 aromatic carbocycles. The normalized spacial score (nSPS) is 20.1. The monoisotopic (exact) mass is 310 g/mol. The van der Waals surface area contributed by atoms with Crippen molar-refractivity contribution in [2.75, 3.05) is 0 Å². The van der Waals surface area contributed by atoms with Crippen LogP contribution in [0.15, 0.2) is 54.6 Å². The van der Waals surface area contributed by atoms with E-state index in [2.05, 4.69) is 37.8 Å². The summed E-state index contributed by atoms with van der Waals surface area (Å²) in [4.78, 5) is 12.7. The van der Waals surface area contributed by atoms with Crippen molar-refractivity contribution in [2.24, 2.45) is 0 Å². The summed E-state index contributed by atoms with van der Waals surface area (Å²) >= 11 is 0. The van der Waals surface area contributed by atoms with Gasteiger partial charge in [-0.15, -0.1) is 0 Å². The third-order valence-electron chi connectivity index (χ3n) is 4.03. The van der Waals surface area contributed by atoms with E-state index in [9.17, 15) is 4.79 Å². The number of benzene rings is 2. The van der Waals surface area contributed by atoms with Gasteiger partial charge in [0.2, 0.25) is 0 Å². The largest absolute Gasteiger partial charge is 0.407 e. The molecule has 22 heavy (non-hydrogen) atoms. The lowest BCUT2D eigenvalue weighted by Crippen LogP contribution is -2.49. The van der Waals surface area contributed by atoms with Crippen LogP contribution in [0.25, 0.3) is 0 Å². The lowest BCUT2D eigenvalue weighted by molar-refractivity contribution is 0.0246. The number of hydrogen-bond donors (Lipinski definition) is 0. The van der Waals surface area contributed by atoms with Gasteiger partial charge in [-0.1, -0.05) is 54.6 Å². The van der Waals surface area contributed by atoms with E-state index in [1.54, 1.807) is 0 Å². The number of fused-ring (bicyclic) bond motifs is 1. The highest BCUT2D eigenvalue weighted by molar-refractivity contribution is 6.69. The Morgan fingerprint density at radius 2 is 1.68 bits per heavy atom. The van der Waals surface area contributed by atoms with Crippen LogP contribution in [-0.4, -0.2) is 14.1 Å². The highest BCUT2D eigenvalue weighted by Crippen LogP contribution is 2.47. The van der Waals surface area contributed by atoms with Crippen LogP contribution in [0.5, 0.6) is 0 Å². The van der Waals surface area contributed by atoms with Crippen molar-refractivity contribution in [2.45, 2.75) is 38.1 Å². The highest BCUT2D eigenvalue weighted by Gasteiger charge is 2.47. The third-order valence-corrected chi connectivity index (χ3v) is 5.03. The summed E-state index contributed by atoms with van der Waals surface area (Å²) in [5, 5.41) is 0. The molecule has 1 aliphatic carbocycles. The lowest BCUT2D eigenvalue weighted by atomic mass is 9.70. The molecule has 0 spiro atoms. The summed E-state index contributed by atoms with van der Waals surface area (Å²) in [5.74, 6) is 0.161. The predicted molar refractivity (Wildman–Crippen MR) is 91.6 cm³/mol. The van der Waals surface area contributed by atoms with Gasteiger partial charge < -0.3 is 4.43 Å². The van der Waals surface area contributed by atoms with Gasteiger partial charge >= 0.3 is 0 Å². The summed E-state index contributed by atoms with van der Waals surface area (Å²) in [6.45, 7) is 6.55. The molecule has 0 saturated carbocycles. The Morgan fingerprint density at radius 3 is 2.32 bits per heavy atom. The third kappa shape index (κ3) is 2.92. The van der Waals surface area contributed by atoms with Gasteiger partial charge in [-0.25, -0.2) is 0 Å². The summed E-state index contributed by atoms with van der Waals surface area (Å²) in [6, 6.07) is 17.9. The molecule has 0 heterocycles.